The zero-order chi connectivity index (χ0) is 13.8. The van der Waals surface area contributed by atoms with Gasteiger partial charge in [0.25, 0.3) is 0 Å². The normalized spacial score (nSPS) is 19.1. The standard InChI is InChI=1S/C14H16FN3O2/c15-12-4-2-1-3-10(12)7-13-17-14(20-18-13)8-11-9-19-6-5-16-11/h1-4,11,16H,5-9H2. The van der Waals surface area contributed by atoms with Gasteiger partial charge in [-0.15, -0.1) is 0 Å². The van der Waals surface area contributed by atoms with Crippen molar-refractivity contribution >= 4 is 0 Å². The number of hydrogen-bond acceptors (Lipinski definition) is 5. The molecule has 1 saturated heterocycles. The molecular formula is C14H16FN3O2. The predicted molar refractivity (Wildman–Crippen MR) is 69.8 cm³/mol. The van der Waals surface area contributed by atoms with Crippen LogP contribution in [0.3, 0.4) is 0 Å². The molecule has 0 radical (unpaired) electrons. The lowest BCUT2D eigenvalue weighted by Gasteiger charge is -2.22. The minimum Gasteiger partial charge on any atom is -0.378 e. The van der Waals surface area contributed by atoms with E-state index in [2.05, 4.69) is 15.5 Å². The van der Waals surface area contributed by atoms with E-state index in [1.165, 1.54) is 6.07 Å². The van der Waals surface area contributed by atoms with Gasteiger partial charge >= 0.3 is 0 Å². The maximum absolute atomic E-state index is 13.5. The van der Waals surface area contributed by atoms with Crippen LogP contribution in [0.25, 0.3) is 0 Å². The maximum Gasteiger partial charge on any atom is 0.228 e. The molecule has 20 heavy (non-hydrogen) atoms. The summed E-state index contributed by atoms with van der Waals surface area (Å²) in [6, 6.07) is 6.81. The van der Waals surface area contributed by atoms with Gasteiger partial charge in [0, 0.05) is 25.4 Å². The van der Waals surface area contributed by atoms with Gasteiger partial charge in [0.1, 0.15) is 5.82 Å². The van der Waals surface area contributed by atoms with Crippen LogP contribution >= 0.6 is 0 Å². The number of nitrogens with one attached hydrogen (secondary N) is 1. The number of morpholine rings is 1. The van der Waals surface area contributed by atoms with Crippen molar-refractivity contribution in [2.45, 2.75) is 18.9 Å². The summed E-state index contributed by atoms with van der Waals surface area (Å²) in [5.41, 5.74) is 0.568. The zero-order valence-corrected chi connectivity index (χ0v) is 11.0. The van der Waals surface area contributed by atoms with Gasteiger partial charge in [0.15, 0.2) is 5.82 Å². The van der Waals surface area contributed by atoms with Crippen molar-refractivity contribution in [3.05, 3.63) is 47.4 Å². The first-order valence-electron chi connectivity index (χ1n) is 6.67. The summed E-state index contributed by atoms with van der Waals surface area (Å²) in [6.45, 7) is 2.21. The molecule has 0 amide bonds. The van der Waals surface area contributed by atoms with Crippen molar-refractivity contribution < 1.29 is 13.7 Å². The van der Waals surface area contributed by atoms with Gasteiger partial charge < -0.3 is 14.6 Å². The first-order valence-corrected chi connectivity index (χ1v) is 6.67. The lowest BCUT2D eigenvalue weighted by Crippen LogP contribution is -2.42. The third-order valence-corrected chi connectivity index (χ3v) is 3.24. The van der Waals surface area contributed by atoms with E-state index in [1.54, 1.807) is 18.2 Å². The minimum atomic E-state index is -0.249. The topological polar surface area (TPSA) is 60.2 Å². The van der Waals surface area contributed by atoms with E-state index in [4.69, 9.17) is 9.26 Å². The van der Waals surface area contributed by atoms with Crippen LogP contribution in [0.1, 0.15) is 17.3 Å². The molecule has 0 aliphatic carbocycles. The fourth-order valence-electron chi connectivity index (χ4n) is 2.22. The fraction of sp³-hybridized carbons (Fsp3) is 0.429. The third kappa shape index (κ3) is 3.20. The average Bonchev–Trinajstić information content (AvgIpc) is 2.90. The lowest BCUT2D eigenvalue weighted by molar-refractivity contribution is 0.0744. The number of nitrogens with zero attached hydrogens (tertiary/aromatic N) is 2. The van der Waals surface area contributed by atoms with E-state index in [0.717, 1.165) is 13.2 Å². The summed E-state index contributed by atoms with van der Waals surface area (Å²) in [5.74, 6) is 0.808. The van der Waals surface area contributed by atoms with Crippen molar-refractivity contribution in [1.29, 1.82) is 0 Å². The zero-order valence-electron chi connectivity index (χ0n) is 11.0. The Balaban J connectivity index is 1.63. The number of aromatic nitrogens is 2. The quantitative estimate of drug-likeness (QED) is 0.913. The van der Waals surface area contributed by atoms with Crippen LogP contribution in [0.4, 0.5) is 4.39 Å². The summed E-state index contributed by atoms with van der Waals surface area (Å²) in [7, 11) is 0. The Kier molecular flexibility index (Phi) is 4.03. The second-order valence-corrected chi connectivity index (χ2v) is 4.80. The molecule has 1 aliphatic heterocycles. The lowest BCUT2D eigenvalue weighted by atomic mass is 10.1. The number of hydrogen-bond donors (Lipinski definition) is 1. The molecule has 1 unspecified atom stereocenters. The van der Waals surface area contributed by atoms with Crippen LogP contribution < -0.4 is 5.32 Å². The molecule has 1 N–H and O–H groups in total. The smallest absolute Gasteiger partial charge is 0.228 e. The van der Waals surface area contributed by atoms with Gasteiger partial charge in [-0.25, -0.2) is 4.39 Å². The van der Waals surface area contributed by atoms with E-state index >= 15 is 0 Å². The molecule has 0 bridgehead atoms. The van der Waals surface area contributed by atoms with Gasteiger partial charge in [0.05, 0.1) is 13.2 Å². The van der Waals surface area contributed by atoms with E-state index in [9.17, 15) is 4.39 Å². The molecule has 2 aromatic rings. The summed E-state index contributed by atoms with van der Waals surface area (Å²) in [4.78, 5) is 4.30. The second-order valence-electron chi connectivity index (χ2n) is 4.80. The van der Waals surface area contributed by atoms with E-state index < -0.39 is 0 Å². The molecule has 1 fully saturated rings. The highest BCUT2D eigenvalue weighted by molar-refractivity contribution is 5.20. The summed E-state index contributed by atoms with van der Waals surface area (Å²) >= 11 is 0. The predicted octanol–water partition coefficient (Wildman–Crippen LogP) is 1.33. The number of benzene rings is 1. The van der Waals surface area contributed by atoms with Gasteiger partial charge in [0.2, 0.25) is 5.89 Å². The summed E-state index contributed by atoms with van der Waals surface area (Å²) in [5, 5.41) is 7.22. The van der Waals surface area contributed by atoms with Crippen LogP contribution in [0, 0.1) is 5.82 Å². The molecule has 1 aromatic carbocycles. The number of ether oxygens (including phenoxy) is 1. The molecule has 1 atom stereocenters. The van der Waals surface area contributed by atoms with Gasteiger partial charge in [-0.1, -0.05) is 23.4 Å². The minimum absolute atomic E-state index is 0.200. The number of rotatable bonds is 4. The Bertz CT molecular complexity index is 567. The summed E-state index contributed by atoms with van der Waals surface area (Å²) in [6.07, 6.45) is 0.967. The molecule has 1 aromatic heterocycles. The highest BCUT2D eigenvalue weighted by Gasteiger charge is 2.17. The van der Waals surface area contributed by atoms with Crippen molar-refractivity contribution in [2.75, 3.05) is 19.8 Å². The molecule has 0 spiro atoms. The van der Waals surface area contributed by atoms with Crippen LogP contribution in [-0.2, 0) is 17.6 Å². The molecule has 5 nitrogen and oxygen atoms in total. The fourth-order valence-corrected chi connectivity index (χ4v) is 2.22. The molecule has 6 heteroatoms. The monoisotopic (exact) mass is 277 g/mol. The Morgan fingerprint density at radius 2 is 2.25 bits per heavy atom. The van der Waals surface area contributed by atoms with E-state index in [-0.39, 0.29) is 11.9 Å². The van der Waals surface area contributed by atoms with Crippen LogP contribution in [-0.4, -0.2) is 35.9 Å². The van der Waals surface area contributed by atoms with Crippen molar-refractivity contribution in [3.8, 4) is 0 Å². The van der Waals surface area contributed by atoms with Gasteiger partial charge in [-0.05, 0) is 11.6 Å². The molecule has 3 rings (SSSR count). The average molecular weight is 277 g/mol. The molecular weight excluding hydrogens is 261 g/mol. The molecule has 0 saturated carbocycles. The maximum atomic E-state index is 13.5. The van der Waals surface area contributed by atoms with Crippen LogP contribution in [0.2, 0.25) is 0 Å². The third-order valence-electron chi connectivity index (χ3n) is 3.24. The van der Waals surface area contributed by atoms with Crippen molar-refractivity contribution in [3.63, 3.8) is 0 Å². The SMILES string of the molecule is Fc1ccccc1Cc1noc(CC2COCCN2)n1. The number of halogens is 1. The van der Waals surface area contributed by atoms with Gasteiger partial charge in [-0.2, -0.15) is 4.98 Å². The Hall–Kier alpha value is -1.79. The van der Waals surface area contributed by atoms with E-state index in [0.29, 0.717) is 36.7 Å². The first kappa shape index (κ1) is 13.2. The largest absolute Gasteiger partial charge is 0.378 e. The molecule has 1 aliphatic rings. The molecule has 106 valence electrons. The Labute approximate surface area is 116 Å². The van der Waals surface area contributed by atoms with E-state index in [1.807, 2.05) is 0 Å². The highest BCUT2D eigenvalue weighted by atomic mass is 19.1. The van der Waals surface area contributed by atoms with Gasteiger partial charge in [-0.3, -0.25) is 0 Å². The first-order chi connectivity index (χ1) is 9.81. The Morgan fingerprint density at radius 1 is 1.35 bits per heavy atom. The Morgan fingerprint density at radius 3 is 3.05 bits per heavy atom. The molecule has 2 heterocycles. The van der Waals surface area contributed by atoms with Crippen LogP contribution in [0.5, 0.6) is 0 Å². The highest BCUT2D eigenvalue weighted by Crippen LogP contribution is 2.12. The second kappa shape index (κ2) is 6.11. The van der Waals surface area contributed by atoms with Crippen molar-refractivity contribution in [1.82, 2.24) is 15.5 Å². The van der Waals surface area contributed by atoms with Crippen molar-refractivity contribution in [2.24, 2.45) is 0 Å². The summed E-state index contributed by atoms with van der Waals surface area (Å²) < 4.78 is 24.1. The van der Waals surface area contributed by atoms with Crippen LogP contribution in [0.15, 0.2) is 28.8 Å².